The second-order valence-corrected chi connectivity index (χ2v) is 10.2. The number of amides is 1. The molecule has 0 fully saturated rings. The molecule has 0 aliphatic carbocycles. The van der Waals surface area contributed by atoms with Gasteiger partial charge in [-0.05, 0) is 55.7 Å². The molecule has 3 aromatic rings. The summed E-state index contributed by atoms with van der Waals surface area (Å²) in [6.45, 7) is 5.01. The van der Waals surface area contributed by atoms with E-state index < -0.39 is 30.5 Å². The summed E-state index contributed by atoms with van der Waals surface area (Å²) in [5, 5.41) is 5.28. The molecule has 0 spiro atoms. The van der Waals surface area contributed by atoms with Gasteiger partial charge in [0.1, 0.15) is 17.7 Å². The lowest BCUT2D eigenvalue weighted by atomic mass is 10.00. The number of hydrogen-bond donors (Lipinski definition) is 2. The maximum Gasteiger partial charge on any atom is 0.407 e. The molecule has 0 bridgehead atoms. The molecule has 0 unspecified atom stereocenters. The van der Waals surface area contributed by atoms with E-state index in [-0.39, 0.29) is 24.1 Å². The van der Waals surface area contributed by atoms with E-state index in [1.807, 2.05) is 36.2 Å². The van der Waals surface area contributed by atoms with Crippen molar-refractivity contribution in [3.63, 3.8) is 0 Å². The lowest BCUT2D eigenvalue weighted by Gasteiger charge is -2.23. The van der Waals surface area contributed by atoms with Gasteiger partial charge in [-0.25, -0.2) is 18.0 Å². The predicted molar refractivity (Wildman–Crippen MR) is 148 cm³/mol. The van der Waals surface area contributed by atoms with Gasteiger partial charge in [0.05, 0.1) is 6.54 Å². The van der Waals surface area contributed by atoms with Gasteiger partial charge >= 0.3 is 6.09 Å². The molecule has 0 heterocycles. The summed E-state index contributed by atoms with van der Waals surface area (Å²) < 4.78 is 46.8. The molecule has 0 radical (unpaired) electrons. The summed E-state index contributed by atoms with van der Waals surface area (Å²) in [6.07, 6.45) is -2.10. The van der Waals surface area contributed by atoms with Crippen molar-refractivity contribution in [2.45, 2.75) is 52.3 Å². The van der Waals surface area contributed by atoms with Crippen molar-refractivity contribution >= 4 is 23.8 Å². The average Bonchev–Trinajstić information content (AvgIpc) is 2.87. The van der Waals surface area contributed by atoms with Crippen LogP contribution >= 0.6 is 0 Å². The molecule has 3 aromatic carbocycles. The number of nitrogens with zero attached hydrogens (tertiary/aromatic N) is 1. The molecule has 39 heavy (non-hydrogen) atoms. The zero-order valence-corrected chi connectivity index (χ0v) is 22.6. The van der Waals surface area contributed by atoms with Crippen molar-refractivity contribution in [2.75, 3.05) is 23.8 Å². The van der Waals surface area contributed by atoms with Crippen LogP contribution in [0, 0.1) is 5.82 Å². The number of hydrogen-bond acceptors (Lipinski definition) is 5. The van der Waals surface area contributed by atoms with Gasteiger partial charge in [0.2, 0.25) is 0 Å². The Balaban J connectivity index is 1.93. The molecule has 0 saturated heterocycles. The summed E-state index contributed by atoms with van der Waals surface area (Å²) in [6, 6.07) is 17.5. The van der Waals surface area contributed by atoms with E-state index in [1.165, 1.54) is 0 Å². The first kappa shape index (κ1) is 29.5. The van der Waals surface area contributed by atoms with Gasteiger partial charge in [-0.1, -0.05) is 42.5 Å². The second-order valence-electron chi connectivity index (χ2n) is 10.2. The highest BCUT2D eigenvalue weighted by Gasteiger charge is 2.18. The van der Waals surface area contributed by atoms with Crippen molar-refractivity contribution in [3.05, 3.63) is 83.2 Å². The third-order valence-corrected chi connectivity index (χ3v) is 5.86. The van der Waals surface area contributed by atoms with Crippen molar-refractivity contribution in [2.24, 2.45) is 0 Å². The average molecular weight is 542 g/mol. The van der Waals surface area contributed by atoms with E-state index in [0.717, 1.165) is 17.4 Å². The van der Waals surface area contributed by atoms with E-state index >= 15 is 4.39 Å². The highest BCUT2D eigenvalue weighted by molar-refractivity contribution is 5.75. The van der Waals surface area contributed by atoms with E-state index in [1.54, 1.807) is 57.2 Å². The number of halogens is 3. The monoisotopic (exact) mass is 541 g/mol. The molecular formula is C30H34F3N3O3. The minimum atomic E-state index is -2.57. The van der Waals surface area contributed by atoms with Gasteiger partial charge in [-0.15, -0.1) is 0 Å². The molecule has 1 amide bonds. The number of anilines is 2. The van der Waals surface area contributed by atoms with Gasteiger partial charge in [-0.2, -0.15) is 0 Å². The zero-order valence-electron chi connectivity index (χ0n) is 22.6. The standard InChI is InChI=1S/C30H34F3N3O3/c1-30(2,3)39-29(38)35-17-21-10-7-11-26(28(21)33)23-14-24(34-18-27(31)32)16-25(15-23)36(4)19-22-9-6-5-8-20(22)12-13-37/h5-11,13-16,27,34H,12,17-19H2,1-4H3,(H,35,38). The van der Waals surface area contributed by atoms with Crippen molar-refractivity contribution in [1.29, 1.82) is 0 Å². The molecule has 0 saturated carbocycles. The van der Waals surface area contributed by atoms with Crippen LogP contribution < -0.4 is 15.5 Å². The van der Waals surface area contributed by atoms with E-state index in [2.05, 4.69) is 10.6 Å². The van der Waals surface area contributed by atoms with Gasteiger partial charge < -0.3 is 25.1 Å². The second kappa shape index (κ2) is 13.2. The molecule has 0 aromatic heterocycles. The number of carbonyl (C=O) groups excluding carboxylic acids is 2. The van der Waals surface area contributed by atoms with E-state index in [4.69, 9.17) is 4.74 Å². The predicted octanol–water partition coefficient (Wildman–Crippen LogP) is 6.57. The van der Waals surface area contributed by atoms with Crippen LogP contribution in [0.1, 0.15) is 37.5 Å². The van der Waals surface area contributed by atoms with E-state index in [0.29, 0.717) is 23.5 Å². The Bertz CT molecular complexity index is 1290. The quantitative estimate of drug-likeness (QED) is 0.269. The summed E-state index contributed by atoms with van der Waals surface area (Å²) in [7, 11) is 1.84. The highest BCUT2D eigenvalue weighted by Crippen LogP contribution is 2.32. The van der Waals surface area contributed by atoms with Crippen molar-refractivity contribution < 1.29 is 27.5 Å². The minimum absolute atomic E-state index is 0.0851. The molecule has 2 N–H and O–H groups in total. The molecule has 0 aliphatic heterocycles. The number of carbonyl (C=O) groups is 2. The lowest BCUT2D eigenvalue weighted by Crippen LogP contribution is -2.32. The Kier molecular flexibility index (Phi) is 9.98. The first-order valence-corrected chi connectivity index (χ1v) is 12.6. The largest absolute Gasteiger partial charge is 0.444 e. The topological polar surface area (TPSA) is 70.7 Å². The SMILES string of the molecule is CN(Cc1ccccc1CC=O)c1cc(NCC(F)F)cc(-c2cccc(CNC(=O)OC(C)(C)C)c2F)c1. The summed E-state index contributed by atoms with van der Waals surface area (Å²) >= 11 is 0. The van der Waals surface area contributed by atoms with E-state index in [9.17, 15) is 18.4 Å². The van der Waals surface area contributed by atoms with Crippen molar-refractivity contribution in [3.8, 4) is 11.1 Å². The van der Waals surface area contributed by atoms with Crippen LogP contribution in [-0.4, -0.2) is 38.0 Å². The maximum absolute atomic E-state index is 15.6. The Morgan fingerprint density at radius 2 is 1.72 bits per heavy atom. The smallest absolute Gasteiger partial charge is 0.407 e. The van der Waals surface area contributed by atoms with Crippen LogP contribution in [0.3, 0.4) is 0 Å². The number of aldehydes is 1. The fraction of sp³-hybridized carbons (Fsp3) is 0.333. The summed E-state index contributed by atoms with van der Waals surface area (Å²) in [4.78, 5) is 25.1. The zero-order chi connectivity index (χ0) is 28.6. The molecule has 3 rings (SSSR count). The number of benzene rings is 3. The third kappa shape index (κ3) is 8.77. The summed E-state index contributed by atoms with van der Waals surface area (Å²) in [5.41, 5.74) is 3.22. The number of nitrogens with one attached hydrogen (secondary N) is 2. The summed E-state index contributed by atoms with van der Waals surface area (Å²) in [5.74, 6) is -0.538. The highest BCUT2D eigenvalue weighted by atomic mass is 19.3. The van der Waals surface area contributed by atoms with Gasteiger partial charge in [0.15, 0.2) is 0 Å². The Morgan fingerprint density at radius 3 is 2.38 bits per heavy atom. The first-order chi connectivity index (χ1) is 18.5. The van der Waals surface area contributed by atoms with Crippen LogP contribution in [0.2, 0.25) is 0 Å². The van der Waals surface area contributed by atoms with Crippen LogP contribution in [0.4, 0.5) is 29.3 Å². The minimum Gasteiger partial charge on any atom is -0.444 e. The number of rotatable bonds is 11. The Morgan fingerprint density at radius 1 is 1.03 bits per heavy atom. The molecular weight excluding hydrogens is 507 g/mol. The lowest BCUT2D eigenvalue weighted by molar-refractivity contribution is -0.107. The van der Waals surface area contributed by atoms with Crippen LogP contribution in [0.5, 0.6) is 0 Å². The number of alkyl carbamates (subject to hydrolysis) is 1. The van der Waals surface area contributed by atoms with Crippen LogP contribution in [0.25, 0.3) is 11.1 Å². The maximum atomic E-state index is 15.6. The van der Waals surface area contributed by atoms with Crippen LogP contribution in [-0.2, 0) is 29.0 Å². The van der Waals surface area contributed by atoms with Gasteiger partial charge in [0.25, 0.3) is 6.43 Å². The fourth-order valence-electron chi connectivity index (χ4n) is 4.05. The van der Waals surface area contributed by atoms with Gasteiger partial charge in [-0.3, -0.25) is 0 Å². The molecule has 0 atom stereocenters. The number of alkyl halides is 2. The van der Waals surface area contributed by atoms with Crippen molar-refractivity contribution in [1.82, 2.24) is 5.32 Å². The number of ether oxygens (including phenoxy) is 1. The molecule has 208 valence electrons. The molecule has 6 nitrogen and oxygen atoms in total. The molecule has 0 aliphatic rings. The Hall–Kier alpha value is -4.01. The van der Waals surface area contributed by atoms with Crippen LogP contribution in [0.15, 0.2) is 60.7 Å². The first-order valence-electron chi connectivity index (χ1n) is 12.6. The molecule has 9 heteroatoms. The third-order valence-electron chi connectivity index (χ3n) is 5.86. The Labute approximate surface area is 227 Å². The van der Waals surface area contributed by atoms with Gasteiger partial charge in [0, 0.05) is 49.1 Å². The normalized spacial score (nSPS) is 11.3. The fourth-order valence-corrected chi connectivity index (χ4v) is 4.05.